The molecule has 0 aliphatic carbocycles. The molecule has 352 valence electrons. The number of allylic oxidation sites excluding steroid dienone is 6. The molecule has 2 aromatic carbocycles. The molecular weight excluding hydrogens is 917 g/mol. The molecule has 0 atom stereocenters. The summed E-state index contributed by atoms with van der Waals surface area (Å²) in [4.78, 5) is 39.9. The van der Waals surface area contributed by atoms with Gasteiger partial charge in [-0.2, -0.15) is 13.0 Å². The highest BCUT2D eigenvalue weighted by molar-refractivity contribution is 7.86. The van der Waals surface area contributed by atoms with Gasteiger partial charge in [-0.05, 0) is 75.4 Å². The number of carboxylic acid groups (broad SMARTS) is 1. The Labute approximate surface area is 377 Å². The Kier molecular flexibility index (Phi) is 20.5. The molecule has 2 aromatic rings. The van der Waals surface area contributed by atoms with Crippen LogP contribution in [-0.2, 0) is 57.1 Å². The molecule has 64 heavy (non-hydrogen) atoms. The van der Waals surface area contributed by atoms with Crippen LogP contribution in [0.3, 0.4) is 0 Å². The van der Waals surface area contributed by atoms with Crippen molar-refractivity contribution in [2.75, 3.05) is 23.7 Å². The van der Waals surface area contributed by atoms with Crippen LogP contribution in [0.2, 0.25) is 0 Å². The van der Waals surface area contributed by atoms with Crippen LogP contribution in [-0.4, -0.2) is 103 Å². The van der Waals surface area contributed by atoms with Crippen molar-refractivity contribution in [3.8, 4) is 0 Å². The van der Waals surface area contributed by atoms with Crippen LogP contribution in [0.1, 0.15) is 131 Å². The van der Waals surface area contributed by atoms with Crippen molar-refractivity contribution in [2.24, 2.45) is 0 Å². The Hall–Kier alpha value is -5.00. The molecule has 2 N–H and O–H groups in total. The maximum absolute atomic E-state index is 13.6. The number of rotatable bonds is 20. The molecule has 0 fully saturated rings. The molecule has 0 amide bonds. The first-order valence-electron chi connectivity index (χ1n) is 20.1. The summed E-state index contributed by atoms with van der Waals surface area (Å²) in [6.45, 7) is 12.5. The fourth-order valence-electron chi connectivity index (χ4n) is 7.78. The third kappa shape index (κ3) is 15.6. The van der Waals surface area contributed by atoms with Crippen molar-refractivity contribution in [1.29, 1.82) is 0 Å². The summed E-state index contributed by atoms with van der Waals surface area (Å²) in [5, 5.41) is 9.16. The molecule has 0 saturated heterocycles. The van der Waals surface area contributed by atoms with E-state index in [0.29, 0.717) is 73.9 Å². The highest BCUT2D eigenvalue weighted by Crippen LogP contribution is 2.50. The first-order chi connectivity index (χ1) is 29.6. The second-order valence-electron chi connectivity index (χ2n) is 15.9. The Balaban J connectivity index is 0.00000162. The third-order valence-corrected chi connectivity index (χ3v) is 12.1. The minimum absolute atomic E-state index is 0.0255. The molecule has 2 aliphatic rings. The van der Waals surface area contributed by atoms with Gasteiger partial charge in [0.2, 0.25) is 5.69 Å². The molecule has 2 aliphatic heterocycles. The van der Waals surface area contributed by atoms with Crippen molar-refractivity contribution < 1.29 is 75.3 Å². The average molecular weight is 971 g/mol. The highest BCUT2D eigenvalue weighted by atomic mass is 32.2. The fraction of sp³-hybridized carbons (Fsp3) is 0.476. The Morgan fingerprint density at radius 2 is 1.38 bits per heavy atom. The third-order valence-electron chi connectivity index (χ3n) is 10.5. The number of carbonyl (C=O) groups excluding carboxylic acids is 2. The maximum atomic E-state index is 13.6. The van der Waals surface area contributed by atoms with Crippen LogP contribution >= 0.6 is 0 Å². The number of fused-ring (bicyclic) bond motifs is 2. The summed E-state index contributed by atoms with van der Waals surface area (Å²) >= 11 is 0. The van der Waals surface area contributed by atoms with E-state index < -0.39 is 64.0 Å². The minimum atomic E-state index is -4.49. The number of hydrogen-bond donors (Lipinski definition) is 2. The van der Waals surface area contributed by atoms with Gasteiger partial charge in [0, 0.05) is 83.6 Å². The van der Waals surface area contributed by atoms with E-state index in [9.17, 15) is 40.3 Å². The fourth-order valence-corrected chi connectivity index (χ4v) is 8.77. The molecule has 18 nitrogen and oxygen atoms in total. The highest BCUT2D eigenvalue weighted by Gasteiger charge is 2.45. The average Bonchev–Trinajstić information content (AvgIpc) is 3.50. The maximum Gasteiger partial charge on any atom is 0.425 e. The van der Waals surface area contributed by atoms with Gasteiger partial charge < -0.3 is 14.6 Å². The standard InChI is InChI=1S/C42H54N2O10S2.2O3S/c1-7-16-35(45)29-26-31(36(46)17-8-2)40-34(27-29)44(23-14-10-13-20-39(47)48)38(42(40,5)6)19-12-9-11-18-37-41(3,4)32-28-30(56(52,53)54)21-22-33(32)43(37)24-15-25-55(49,50)51;2*1-4(2)3/h9,11-12,18-19,21-22,26-28H,7-8,10,13-17,20,23-25H2,1-6H3,(H2-,47,48,49,50,51,52,53,54);;. The lowest BCUT2D eigenvalue weighted by molar-refractivity contribution is -0.437. The van der Waals surface area contributed by atoms with Gasteiger partial charge in [0.05, 0.1) is 20.4 Å². The van der Waals surface area contributed by atoms with Crippen molar-refractivity contribution >= 4 is 76.1 Å². The quantitative estimate of drug-likeness (QED) is 0.0533. The van der Waals surface area contributed by atoms with Crippen LogP contribution in [0.4, 0.5) is 11.4 Å². The van der Waals surface area contributed by atoms with Gasteiger partial charge in [-0.1, -0.05) is 52.3 Å². The lowest BCUT2D eigenvalue weighted by Crippen LogP contribution is -2.28. The summed E-state index contributed by atoms with van der Waals surface area (Å²) in [7, 11) is -15.2. The molecule has 2 heterocycles. The Bertz CT molecular complexity index is 2640. The SMILES string of the molecule is CCCC(=O)c1cc(C(=O)CCC)c2c(c1)N(CCCCCC(=O)O)C(=CC=CC=CC1=[N+](CCCS(=O)(=O)[O-])c3ccc(S(=O)(=O)O)cc3C1(C)C)C2(C)C.O=S(=O)=O.O=S(=O)=O. The van der Waals surface area contributed by atoms with Gasteiger partial charge in [-0.25, -0.2) is 8.42 Å². The van der Waals surface area contributed by atoms with E-state index in [1.165, 1.54) is 12.1 Å². The molecule has 0 aromatic heterocycles. The zero-order valence-electron chi connectivity index (χ0n) is 36.4. The van der Waals surface area contributed by atoms with Crippen LogP contribution in [0, 0.1) is 0 Å². The monoisotopic (exact) mass is 970 g/mol. The van der Waals surface area contributed by atoms with E-state index in [1.54, 1.807) is 12.1 Å². The predicted molar refractivity (Wildman–Crippen MR) is 235 cm³/mol. The predicted octanol–water partition coefficient (Wildman–Crippen LogP) is 5.64. The number of Topliss-reactive ketones (excluding diaryl/α,β-unsaturated/α-hetero) is 2. The van der Waals surface area contributed by atoms with Crippen molar-refractivity contribution in [3.05, 3.63) is 88.7 Å². The molecule has 0 radical (unpaired) electrons. The van der Waals surface area contributed by atoms with Crippen LogP contribution in [0.25, 0.3) is 0 Å². The van der Waals surface area contributed by atoms with Gasteiger partial charge in [-0.3, -0.25) is 18.9 Å². The van der Waals surface area contributed by atoms with E-state index in [0.717, 1.165) is 22.7 Å². The first kappa shape index (κ1) is 55.1. The Morgan fingerprint density at radius 1 is 0.781 bits per heavy atom. The van der Waals surface area contributed by atoms with Gasteiger partial charge in [0.25, 0.3) is 10.1 Å². The number of carboxylic acids is 1. The normalized spacial score (nSPS) is 15.6. The molecule has 0 bridgehead atoms. The summed E-state index contributed by atoms with van der Waals surface area (Å²) in [6, 6.07) is 7.88. The molecule has 22 heteroatoms. The van der Waals surface area contributed by atoms with E-state index in [4.69, 9.17) is 30.4 Å². The second-order valence-corrected chi connectivity index (χ2v) is 19.6. The number of hydrogen-bond acceptors (Lipinski definition) is 15. The number of benzene rings is 2. The number of nitrogens with zero attached hydrogens (tertiary/aromatic N) is 2. The largest absolute Gasteiger partial charge is 0.748 e. The van der Waals surface area contributed by atoms with E-state index in [-0.39, 0.29) is 35.8 Å². The van der Waals surface area contributed by atoms with Gasteiger partial charge in [0.15, 0.2) is 17.3 Å². The van der Waals surface area contributed by atoms with Crippen LogP contribution in [0.15, 0.2) is 71.3 Å². The molecular formula is C42H54N2O16S4. The van der Waals surface area contributed by atoms with Crippen molar-refractivity contribution in [2.45, 2.75) is 115 Å². The summed E-state index contributed by atoms with van der Waals surface area (Å²) in [5.74, 6) is -1.47. The van der Waals surface area contributed by atoms with Crippen molar-refractivity contribution in [1.82, 2.24) is 0 Å². The number of aliphatic carboxylic acids is 1. The van der Waals surface area contributed by atoms with E-state index in [1.807, 2.05) is 68.7 Å². The number of anilines is 1. The molecule has 0 unspecified atom stereocenters. The number of unbranched alkanes of at least 4 members (excludes halogenated alkanes) is 2. The topological polar surface area (TPSA) is 292 Å². The van der Waals surface area contributed by atoms with Gasteiger partial charge in [0.1, 0.15) is 6.54 Å². The Morgan fingerprint density at radius 3 is 1.92 bits per heavy atom. The van der Waals surface area contributed by atoms with Crippen LogP contribution < -0.4 is 4.90 Å². The van der Waals surface area contributed by atoms with Crippen LogP contribution in [0.5, 0.6) is 0 Å². The van der Waals surface area contributed by atoms with Gasteiger partial charge in [-0.15, -0.1) is 25.3 Å². The van der Waals surface area contributed by atoms with Crippen molar-refractivity contribution in [3.63, 3.8) is 0 Å². The molecule has 0 saturated carbocycles. The lowest BCUT2D eigenvalue weighted by Gasteiger charge is -2.27. The number of carbonyl (C=O) groups is 3. The zero-order valence-corrected chi connectivity index (χ0v) is 39.7. The summed E-state index contributed by atoms with van der Waals surface area (Å²) < 4.78 is 120. The van der Waals surface area contributed by atoms with E-state index in [2.05, 4.69) is 18.7 Å². The molecule has 0 spiro atoms. The second kappa shape index (κ2) is 23.8. The zero-order chi connectivity index (χ0) is 48.8. The lowest BCUT2D eigenvalue weighted by atomic mass is 9.79. The summed E-state index contributed by atoms with van der Waals surface area (Å²) in [5.41, 5.74) is 4.15. The number of ketones is 2. The minimum Gasteiger partial charge on any atom is -0.748 e. The molecule has 4 rings (SSSR count). The van der Waals surface area contributed by atoms with Gasteiger partial charge >= 0.3 is 27.2 Å². The first-order valence-corrected chi connectivity index (χ1v) is 25.2. The summed E-state index contributed by atoms with van der Waals surface area (Å²) in [6.07, 6.45) is 13.3. The smallest absolute Gasteiger partial charge is 0.425 e. The van der Waals surface area contributed by atoms with E-state index >= 15 is 0 Å².